The average Bonchev–Trinajstić information content (AvgIpc) is 2.74. The number of hydrogen-bond donors (Lipinski definition) is 1. The number of allylic oxidation sites excluding steroid dienone is 1. The van der Waals surface area contributed by atoms with Crippen LogP contribution in [0.5, 0.6) is 0 Å². The van der Waals surface area contributed by atoms with Gasteiger partial charge in [-0.05, 0) is 49.0 Å². The molecule has 1 amide bonds. The molecule has 0 radical (unpaired) electrons. The second-order valence-corrected chi connectivity index (χ2v) is 7.70. The first kappa shape index (κ1) is 18.5. The summed E-state index contributed by atoms with van der Waals surface area (Å²) >= 11 is 0. The highest BCUT2D eigenvalue weighted by molar-refractivity contribution is 5.94. The second-order valence-electron chi connectivity index (χ2n) is 7.70. The lowest BCUT2D eigenvalue weighted by molar-refractivity contribution is 0.0905. The summed E-state index contributed by atoms with van der Waals surface area (Å²) in [5, 5.41) is 5.81. The molecule has 1 N–H and O–H groups in total. The first-order valence-corrected chi connectivity index (χ1v) is 9.81. The van der Waals surface area contributed by atoms with E-state index < -0.39 is 0 Å². The average molecular weight is 370 g/mol. The third-order valence-corrected chi connectivity index (χ3v) is 5.66. The number of hydrogen-bond acceptors (Lipinski definition) is 2. The number of fused-ring (bicyclic) bond motifs is 1. The third-order valence-electron chi connectivity index (χ3n) is 5.66. The van der Waals surface area contributed by atoms with Crippen molar-refractivity contribution < 1.29 is 4.79 Å². The highest BCUT2D eigenvalue weighted by Gasteiger charge is 2.34. The molecule has 0 aromatic heterocycles. The van der Waals surface area contributed by atoms with Crippen molar-refractivity contribution >= 4 is 16.7 Å². The summed E-state index contributed by atoms with van der Waals surface area (Å²) in [5.41, 5.74) is 1.97. The van der Waals surface area contributed by atoms with Crippen LogP contribution < -0.4 is 5.32 Å². The topological polar surface area (TPSA) is 32.3 Å². The highest BCUT2D eigenvalue weighted by atomic mass is 16.1. The van der Waals surface area contributed by atoms with Crippen LogP contribution in [0, 0.1) is 0 Å². The largest absolute Gasteiger partial charge is 0.347 e. The number of benzene rings is 3. The molecule has 3 aromatic carbocycles. The SMILES string of the molecule is CN(C)[C@H]1C=CC[C@@H](c2ccc3ccccc3c2)C1NC(=O)c1ccccc1. The van der Waals surface area contributed by atoms with Crippen LogP contribution in [0.25, 0.3) is 10.8 Å². The van der Waals surface area contributed by atoms with Crippen LogP contribution in [0.3, 0.4) is 0 Å². The van der Waals surface area contributed by atoms with Crippen molar-refractivity contribution in [3.8, 4) is 0 Å². The van der Waals surface area contributed by atoms with Gasteiger partial charge in [-0.2, -0.15) is 0 Å². The van der Waals surface area contributed by atoms with E-state index in [-0.39, 0.29) is 23.9 Å². The van der Waals surface area contributed by atoms with Crippen LogP contribution in [0.2, 0.25) is 0 Å². The van der Waals surface area contributed by atoms with Gasteiger partial charge in [0.1, 0.15) is 0 Å². The Morgan fingerprint density at radius 1 is 0.929 bits per heavy atom. The van der Waals surface area contributed by atoms with E-state index in [0.717, 1.165) is 6.42 Å². The Bertz CT molecular complexity index is 994. The molecule has 3 nitrogen and oxygen atoms in total. The molecule has 1 aliphatic carbocycles. The monoisotopic (exact) mass is 370 g/mol. The van der Waals surface area contributed by atoms with Gasteiger partial charge in [0.2, 0.25) is 0 Å². The summed E-state index contributed by atoms with van der Waals surface area (Å²) in [5.74, 6) is 0.216. The summed E-state index contributed by atoms with van der Waals surface area (Å²) < 4.78 is 0. The van der Waals surface area contributed by atoms with Gasteiger partial charge < -0.3 is 10.2 Å². The quantitative estimate of drug-likeness (QED) is 0.680. The molecule has 28 heavy (non-hydrogen) atoms. The summed E-state index contributed by atoms with van der Waals surface area (Å²) in [6.07, 6.45) is 5.38. The standard InChI is InChI=1S/C25H26N2O/c1-27(2)23-14-8-13-22(21-16-15-18-9-6-7-12-20(18)17-21)24(23)26-25(28)19-10-4-3-5-11-19/h3-12,14-17,22-24H,13H2,1-2H3,(H,26,28)/t22-,23-,24?/m0/s1. The molecular weight excluding hydrogens is 344 g/mol. The lowest BCUT2D eigenvalue weighted by Crippen LogP contribution is -2.53. The van der Waals surface area contributed by atoms with Crippen molar-refractivity contribution in [2.45, 2.75) is 24.4 Å². The summed E-state index contributed by atoms with van der Waals surface area (Å²) in [4.78, 5) is 15.1. The van der Waals surface area contributed by atoms with Crippen molar-refractivity contribution in [3.63, 3.8) is 0 Å². The fourth-order valence-corrected chi connectivity index (χ4v) is 4.15. The van der Waals surface area contributed by atoms with E-state index in [1.807, 2.05) is 30.3 Å². The molecule has 0 bridgehead atoms. The Hall–Kier alpha value is -2.91. The van der Waals surface area contributed by atoms with Crippen LogP contribution in [-0.4, -0.2) is 37.0 Å². The van der Waals surface area contributed by atoms with Gasteiger partial charge in [-0.15, -0.1) is 0 Å². The second kappa shape index (κ2) is 7.99. The predicted molar refractivity (Wildman–Crippen MR) is 116 cm³/mol. The number of carbonyl (C=O) groups is 1. The van der Waals surface area contributed by atoms with Crippen molar-refractivity contribution in [2.75, 3.05) is 14.1 Å². The molecule has 0 saturated heterocycles. The number of carbonyl (C=O) groups excluding carboxylic acids is 1. The van der Waals surface area contributed by atoms with Gasteiger partial charge in [-0.25, -0.2) is 0 Å². The maximum atomic E-state index is 12.9. The molecule has 0 saturated carbocycles. The predicted octanol–water partition coefficient (Wildman–Crippen LogP) is 4.61. The zero-order chi connectivity index (χ0) is 19.5. The van der Waals surface area contributed by atoms with E-state index in [4.69, 9.17) is 0 Å². The maximum absolute atomic E-state index is 12.9. The fourth-order valence-electron chi connectivity index (χ4n) is 4.15. The van der Waals surface area contributed by atoms with E-state index in [1.54, 1.807) is 0 Å². The molecule has 142 valence electrons. The fraction of sp³-hybridized carbons (Fsp3) is 0.240. The molecule has 4 rings (SSSR count). The summed E-state index contributed by atoms with van der Waals surface area (Å²) in [6, 6.07) is 24.7. The molecule has 3 atom stereocenters. The van der Waals surface area contributed by atoms with Crippen molar-refractivity contribution in [2.24, 2.45) is 0 Å². The van der Waals surface area contributed by atoms with E-state index in [1.165, 1.54) is 16.3 Å². The van der Waals surface area contributed by atoms with Gasteiger partial charge in [0.15, 0.2) is 0 Å². The Balaban J connectivity index is 1.68. The maximum Gasteiger partial charge on any atom is 0.251 e. The van der Waals surface area contributed by atoms with Gasteiger partial charge in [-0.1, -0.05) is 72.8 Å². The number of nitrogens with one attached hydrogen (secondary N) is 1. The third kappa shape index (κ3) is 3.71. The summed E-state index contributed by atoms with van der Waals surface area (Å²) in [6.45, 7) is 0. The Labute approximate surface area is 166 Å². The molecule has 3 aromatic rings. The van der Waals surface area contributed by atoms with Crippen LogP contribution in [0.4, 0.5) is 0 Å². The minimum atomic E-state index is -0.0152. The van der Waals surface area contributed by atoms with Crippen LogP contribution in [0.1, 0.15) is 28.3 Å². The first-order valence-electron chi connectivity index (χ1n) is 9.81. The van der Waals surface area contributed by atoms with Crippen molar-refractivity contribution in [3.05, 3.63) is 96.1 Å². The van der Waals surface area contributed by atoms with E-state index in [2.05, 4.69) is 78.9 Å². The molecule has 0 heterocycles. The molecule has 3 heteroatoms. The molecule has 0 spiro atoms. The normalized spacial score (nSPS) is 21.8. The van der Waals surface area contributed by atoms with E-state index in [0.29, 0.717) is 5.56 Å². The number of nitrogens with zero attached hydrogens (tertiary/aromatic N) is 1. The molecule has 0 fully saturated rings. The zero-order valence-electron chi connectivity index (χ0n) is 16.4. The minimum Gasteiger partial charge on any atom is -0.347 e. The number of likely N-dealkylation sites (N-methyl/N-ethyl adjacent to an activating group) is 1. The van der Waals surface area contributed by atoms with Gasteiger partial charge in [0.25, 0.3) is 5.91 Å². The zero-order valence-corrected chi connectivity index (χ0v) is 16.4. The Morgan fingerprint density at radius 3 is 2.39 bits per heavy atom. The van der Waals surface area contributed by atoms with Crippen LogP contribution in [0.15, 0.2) is 84.9 Å². The first-order chi connectivity index (χ1) is 13.6. The number of amides is 1. The minimum absolute atomic E-state index is 0.00821. The molecular formula is C25H26N2O. The lowest BCUT2D eigenvalue weighted by Gasteiger charge is -2.39. The number of rotatable bonds is 4. The van der Waals surface area contributed by atoms with Crippen molar-refractivity contribution in [1.29, 1.82) is 0 Å². The lowest BCUT2D eigenvalue weighted by atomic mass is 9.79. The van der Waals surface area contributed by atoms with Gasteiger partial charge in [-0.3, -0.25) is 4.79 Å². The molecule has 0 aliphatic heterocycles. The van der Waals surface area contributed by atoms with Crippen molar-refractivity contribution in [1.82, 2.24) is 10.2 Å². The Morgan fingerprint density at radius 2 is 1.64 bits per heavy atom. The van der Waals surface area contributed by atoms with Gasteiger partial charge in [0, 0.05) is 17.5 Å². The highest BCUT2D eigenvalue weighted by Crippen LogP contribution is 2.33. The smallest absolute Gasteiger partial charge is 0.251 e. The van der Waals surface area contributed by atoms with E-state index >= 15 is 0 Å². The molecule has 1 aliphatic rings. The van der Waals surface area contributed by atoms with Gasteiger partial charge >= 0.3 is 0 Å². The summed E-state index contributed by atoms with van der Waals surface area (Å²) in [7, 11) is 4.14. The Kier molecular flexibility index (Phi) is 5.27. The van der Waals surface area contributed by atoms with Crippen LogP contribution >= 0.6 is 0 Å². The van der Waals surface area contributed by atoms with E-state index in [9.17, 15) is 4.79 Å². The molecule has 1 unspecified atom stereocenters. The van der Waals surface area contributed by atoms with Crippen LogP contribution in [-0.2, 0) is 0 Å². The van der Waals surface area contributed by atoms with Gasteiger partial charge in [0.05, 0.1) is 6.04 Å².